The average Bonchev–Trinajstić information content (AvgIpc) is 2.58. The summed E-state index contributed by atoms with van der Waals surface area (Å²) in [7, 11) is 0. The van der Waals surface area contributed by atoms with Crippen molar-refractivity contribution < 1.29 is 13.7 Å². The molecule has 1 heterocycles. The van der Waals surface area contributed by atoms with E-state index in [1.807, 2.05) is 0 Å². The van der Waals surface area contributed by atoms with Crippen LogP contribution in [0.2, 0.25) is 10.2 Å². The van der Waals surface area contributed by atoms with Crippen molar-refractivity contribution in [1.82, 2.24) is 10.2 Å². The molecule has 0 unspecified atom stereocenters. The number of nitro benzene ring substituents is 1. The van der Waals surface area contributed by atoms with Gasteiger partial charge in [0.05, 0.1) is 28.3 Å². The number of aryl methyl sites for hydroxylation is 1. The van der Waals surface area contributed by atoms with E-state index in [1.165, 1.54) is 0 Å². The average molecular weight is 396 g/mol. The van der Waals surface area contributed by atoms with Crippen LogP contribution >= 0.6 is 23.2 Å². The van der Waals surface area contributed by atoms with Gasteiger partial charge in [0.25, 0.3) is 5.69 Å². The molecule has 0 saturated carbocycles. The highest BCUT2D eigenvalue weighted by molar-refractivity contribution is 6.33. The Morgan fingerprint density at radius 3 is 2.08 bits per heavy atom. The number of aromatic nitrogens is 2. The van der Waals surface area contributed by atoms with E-state index in [0.29, 0.717) is 34.0 Å². The first-order chi connectivity index (χ1) is 12.3. The van der Waals surface area contributed by atoms with Crippen LogP contribution in [-0.4, -0.2) is 15.1 Å². The van der Waals surface area contributed by atoms with Gasteiger partial charge < -0.3 is 0 Å². The van der Waals surface area contributed by atoms with Crippen LogP contribution in [0.15, 0.2) is 36.4 Å². The third-order valence-electron chi connectivity index (χ3n) is 3.73. The Hall–Kier alpha value is -2.64. The lowest BCUT2D eigenvalue weighted by molar-refractivity contribution is -0.385. The molecule has 132 valence electrons. The van der Waals surface area contributed by atoms with Crippen LogP contribution < -0.4 is 0 Å². The molecular weight excluding hydrogens is 387 g/mol. The van der Waals surface area contributed by atoms with Gasteiger partial charge in [0.15, 0.2) is 5.15 Å². The minimum Gasteiger partial charge on any atom is -0.258 e. The van der Waals surface area contributed by atoms with Gasteiger partial charge in [0.2, 0.25) is 0 Å². The van der Waals surface area contributed by atoms with Gasteiger partial charge in [-0.2, -0.15) is 5.10 Å². The lowest BCUT2D eigenvalue weighted by Gasteiger charge is -2.15. The number of hydrogen-bond donors (Lipinski definition) is 0. The lowest BCUT2D eigenvalue weighted by Crippen LogP contribution is -2.02. The molecule has 3 rings (SSSR count). The second-order valence-electron chi connectivity index (χ2n) is 5.37. The van der Waals surface area contributed by atoms with E-state index in [0.717, 1.165) is 0 Å². The minimum atomic E-state index is -1.12. The largest absolute Gasteiger partial charge is 0.275 e. The van der Waals surface area contributed by atoms with Crippen LogP contribution in [0, 0.1) is 28.7 Å². The molecule has 3 aromatic rings. The fraction of sp³-hybridized carbons (Fsp3) is 0.0588. The van der Waals surface area contributed by atoms with Crippen molar-refractivity contribution in [1.29, 1.82) is 0 Å². The Morgan fingerprint density at radius 1 is 0.962 bits per heavy atom. The molecule has 0 aliphatic carbocycles. The standard InChI is InChI=1S/C17H9Cl2F2N3O2/c1-8-14(9-2-4-10(18)5-3-9)16(17(19)23-22-8)15-12(20)6-11(24(25)26)7-13(15)21/h2-7H,1H3. The zero-order valence-corrected chi connectivity index (χ0v) is 14.6. The van der Waals surface area contributed by atoms with Crippen LogP contribution in [0.4, 0.5) is 14.5 Å². The highest BCUT2D eigenvalue weighted by atomic mass is 35.5. The lowest BCUT2D eigenvalue weighted by atomic mass is 9.94. The highest BCUT2D eigenvalue weighted by Gasteiger charge is 2.25. The van der Waals surface area contributed by atoms with E-state index in [9.17, 15) is 18.9 Å². The molecule has 2 aromatic carbocycles. The zero-order valence-electron chi connectivity index (χ0n) is 13.1. The van der Waals surface area contributed by atoms with E-state index in [2.05, 4.69) is 10.2 Å². The van der Waals surface area contributed by atoms with E-state index in [-0.39, 0.29) is 10.7 Å². The maximum absolute atomic E-state index is 14.6. The molecule has 0 aliphatic heterocycles. The number of rotatable bonds is 3. The van der Waals surface area contributed by atoms with Crippen molar-refractivity contribution in [2.45, 2.75) is 6.92 Å². The van der Waals surface area contributed by atoms with Gasteiger partial charge in [0.1, 0.15) is 11.6 Å². The van der Waals surface area contributed by atoms with Crippen LogP contribution in [0.1, 0.15) is 5.69 Å². The Morgan fingerprint density at radius 2 is 1.54 bits per heavy atom. The molecule has 0 bridgehead atoms. The Labute approximate surface area is 156 Å². The zero-order chi connectivity index (χ0) is 19.0. The van der Waals surface area contributed by atoms with Crippen LogP contribution in [-0.2, 0) is 0 Å². The van der Waals surface area contributed by atoms with Gasteiger partial charge in [-0.05, 0) is 24.6 Å². The topological polar surface area (TPSA) is 68.9 Å². The summed E-state index contributed by atoms with van der Waals surface area (Å²) in [6.45, 7) is 1.61. The predicted molar refractivity (Wildman–Crippen MR) is 94.2 cm³/mol. The maximum Gasteiger partial charge on any atom is 0.275 e. The molecule has 0 amide bonds. The van der Waals surface area contributed by atoms with Crippen molar-refractivity contribution in [3.8, 4) is 22.3 Å². The van der Waals surface area contributed by atoms with Crippen LogP contribution in [0.5, 0.6) is 0 Å². The van der Waals surface area contributed by atoms with Gasteiger partial charge in [0, 0.05) is 16.1 Å². The normalized spacial score (nSPS) is 10.8. The Balaban J connectivity index is 2.35. The number of nitro groups is 1. The number of halogens is 4. The molecule has 9 heteroatoms. The SMILES string of the molecule is Cc1nnc(Cl)c(-c2c(F)cc([N+](=O)[O-])cc2F)c1-c1ccc(Cl)cc1. The van der Waals surface area contributed by atoms with Gasteiger partial charge in [-0.1, -0.05) is 35.3 Å². The summed E-state index contributed by atoms with van der Waals surface area (Å²) in [5.74, 6) is -2.25. The van der Waals surface area contributed by atoms with Crippen LogP contribution in [0.3, 0.4) is 0 Å². The van der Waals surface area contributed by atoms with Crippen molar-refractivity contribution in [3.05, 3.63) is 74.0 Å². The summed E-state index contributed by atoms with van der Waals surface area (Å²) in [5, 5.41) is 18.7. The second kappa shape index (κ2) is 6.93. The summed E-state index contributed by atoms with van der Waals surface area (Å²) in [6, 6.07) is 7.78. The summed E-state index contributed by atoms with van der Waals surface area (Å²) < 4.78 is 29.1. The van der Waals surface area contributed by atoms with Crippen molar-refractivity contribution in [2.75, 3.05) is 0 Å². The fourth-order valence-electron chi connectivity index (χ4n) is 2.60. The minimum absolute atomic E-state index is 0.0358. The molecule has 0 atom stereocenters. The van der Waals surface area contributed by atoms with Crippen LogP contribution in [0.25, 0.3) is 22.3 Å². The molecule has 0 saturated heterocycles. The monoisotopic (exact) mass is 395 g/mol. The number of benzene rings is 2. The van der Waals surface area contributed by atoms with Gasteiger partial charge in [-0.15, -0.1) is 5.10 Å². The van der Waals surface area contributed by atoms with Gasteiger partial charge in [-0.25, -0.2) is 8.78 Å². The molecule has 0 N–H and O–H groups in total. The molecule has 1 aromatic heterocycles. The second-order valence-corrected chi connectivity index (χ2v) is 6.17. The fourth-order valence-corrected chi connectivity index (χ4v) is 2.96. The summed E-state index contributed by atoms with van der Waals surface area (Å²) in [5.41, 5.74) is 0.0506. The van der Waals surface area contributed by atoms with E-state index in [1.54, 1.807) is 31.2 Å². The smallest absolute Gasteiger partial charge is 0.258 e. The highest BCUT2D eigenvalue weighted by Crippen LogP contribution is 2.41. The molecule has 5 nitrogen and oxygen atoms in total. The summed E-state index contributed by atoms with van der Waals surface area (Å²) in [4.78, 5) is 9.92. The van der Waals surface area contributed by atoms with Gasteiger partial charge in [-0.3, -0.25) is 10.1 Å². The number of hydrogen-bond acceptors (Lipinski definition) is 4. The number of nitrogens with zero attached hydrogens (tertiary/aromatic N) is 3. The Bertz CT molecular complexity index is 1000. The molecular formula is C17H9Cl2F2N3O2. The van der Waals surface area contributed by atoms with Crippen molar-refractivity contribution >= 4 is 28.9 Å². The summed E-state index contributed by atoms with van der Waals surface area (Å²) >= 11 is 12.0. The maximum atomic E-state index is 14.6. The first-order valence-corrected chi connectivity index (χ1v) is 7.97. The molecule has 26 heavy (non-hydrogen) atoms. The first-order valence-electron chi connectivity index (χ1n) is 7.22. The third-order valence-corrected chi connectivity index (χ3v) is 4.24. The van der Waals surface area contributed by atoms with Crippen molar-refractivity contribution in [2.24, 2.45) is 0 Å². The van der Waals surface area contributed by atoms with Gasteiger partial charge >= 0.3 is 0 Å². The quantitative estimate of drug-likeness (QED) is 0.426. The predicted octanol–water partition coefficient (Wildman–Crippen LogP) is 5.61. The first kappa shape index (κ1) is 18.2. The molecule has 0 spiro atoms. The van der Waals surface area contributed by atoms with E-state index in [4.69, 9.17) is 23.2 Å². The van der Waals surface area contributed by atoms with E-state index >= 15 is 0 Å². The molecule has 0 radical (unpaired) electrons. The van der Waals surface area contributed by atoms with Crippen molar-refractivity contribution in [3.63, 3.8) is 0 Å². The third kappa shape index (κ3) is 3.23. The number of non-ortho nitro benzene ring substituents is 1. The van der Waals surface area contributed by atoms with E-state index < -0.39 is 27.8 Å². The molecule has 0 aliphatic rings. The molecule has 0 fully saturated rings. The summed E-state index contributed by atoms with van der Waals surface area (Å²) in [6.07, 6.45) is 0. The Kier molecular flexibility index (Phi) is 4.84.